The number of hydrogen-bond donors (Lipinski definition) is 5. The first-order valence-electron chi connectivity index (χ1n) is 30.5. The van der Waals surface area contributed by atoms with Crippen LogP contribution in [-0.2, 0) is 74.1 Å². The molecule has 1 aliphatic heterocycles. The maximum atomic E-state index is 14.6. The molecule has 1 aliphatic rings. The van der Waals surface area contributed by atoms with Gasteiger partial charge in [0.05, 0.1) is 50.8 Å². The third-order valence-corrected chi connectivity index (χ3v) is 15.6. The second-order valence-electron chi connectivity index (χ2n) is 24.8. The van der Waals surface area contributed by atoms with Crippen molar-refractivity contribution < 1.29 is 76.4 Å². The van der Waals surface area contributed by atoms with Crippen LogP contribution in [0.5, 0.6) is 5.75 Å². The van der Waals surface area contributed by atoms with E-state index in [9.17, 15) is 47.9 Å². The van der Waals surface area contributed by atoms with Crippen molar-refractivity contribution in [3.63, 3.8) is 0 Å². The van der Waals surface area contributed by atoms with Crippen LogP contribution in [0.2, 0.25) is 0 Å². The van der Waals surface area contributed by atoms with Crippen LogP contribution in [0, 0.1) is 23.2 Å². The predicted molar refractivity (Wildman–Crippen MR) is 342 cm³/mol. The average molecular weight is 1270 g/mol. The van der Waals surface area contributed by atoms with Gasteiger partial charge in [0.25, 0.3) is 18.3 Å². The molecule has 9 amide bonds. The number of nitrogens with one attached hydrogen (secondary N) is 4. The Labute approximate surface area is 534 Å². The molecule has 24 nitrogen and oxygen atoms in total. The number of amides is 9. The molecule has 0 aliphatic carbocycles. The zero-order chi connectivity index (χ0) is 67.8. The summed E-state index contributed by atoms with van der Waals surface area (Å²) < 4.78 is 33.2. The summed E-state index contributed by atoms with van der Waals surface area (Å²) in [6, 6.07) is 18.0. The van der Waals surface area contributed by atoms with E-state index in [0.717, 1.165) is 4.90 Å². The molecule has 4 rings (SSSR count). The maximum Gasteiger partial charge on any atom is 0.410 e. The Kier molecular flexibility index (Phi) is 29.7. The molecule has 91 heavy (non-hydrogen) atoms. The number of anilines is 2. The van der Waals surface area contributed by atoms with Gasteiger partial charge < -0.3 is 50.1 Å². The highest BCUT2D eigenvalue weighted by Gasteiger charge is 2.45. The highest BCUT2D eigenvalue weighted by molar-refractivity contribution is 6.32. The zero-order valence-corrected chi connectivity index (χ0v) is 55.1. The minimum atomic E-state index is -1.26. The van der Waals surface area contributed by atoms with Crippen molar-refractivity contribution in [2.45, 2.75) is 139 Å². The number of carbonyl (C=O) groups is 10. The lowest BCUT2D eigenvalue weighted by Gasteiger charge is -2.42. The van der Waals surface area contributed by atoms with Crippen LogP contribution in [0.3, 0.4) is 0 Å². The van der Waals surface area contributed by atoms with Crippen molar-refractivity contribution in [3.05, 3.63) is 113 Å². The number of imide groups is 2. The zero-order valence-electron chi connectivity index (χ0n) is 55.1. The predicted octanol–water partition coefficient (Wildman–Crippen LogP) is 7.13. The standard InChI is InChI=1S/C67H94N8O16/c1-42(2)53(37-44(5)91-41-76)73(13)57(66(8,9)10)60(80)72-61(81)58(67(11,12)49-20-16-15-17-21-49)74(14)65(85)90-39-47-22-24-50(25-23-47)70-59(79)48(19-18-30-69-64(68)84)38-54(77)56(43(3)4)71-55(78)40-88-34-33-86-31-32-87-35-36-89-52-28-26-51(27-29-52)75-62(82)45(6)46(7)63(75)83/h15-17,20-29,37,41-43,48,53,56-58H,18-19,30-36,38-40H2,1-14H3,(H,70,79)(H,71,78)(H3,68,69,84)(H,72,80,81)/b44-37+/t48-,53-,56+,57-,58-/m1/s1. The number of nitrogens with two attached hydrogens (primary N) is 1. The van der Waals surface area contributed by atoms with Gasteiger partial charge >= 0.3 is 12.1 Å². The quantitative estimate of drug-likeness (QED) is 0.0166. The fourth-order valence-electron chi connectivity index (χ4n) is 10.6. The highest BCUT2D eigenvalue weighted by atomic mass is 16.6. The van der Waals surface area contributed by atoms with Gasteiger partial charge in [-0.25, -0.2) is 14.5 Å². The van der Waals surface area contributed by atoms with Crippen LogP contribution in [0.4, 0.5) is 21.0 Å². The number of rotatable bonds is 37. The second kappa shape index (κ2) is 35.9. The molecule has 1 heterocycles. The summed E-state index contributed by atoms with van der Waals surface area (Å²) >= 11 is 0. The maximum absolute atomic E-state index is 14.6. The number of hydrogen-bond acceptors (Lipinski definition) is 17. The van der Waals surface area contributed by atoms with Gasteiger partial charge in [-0.3, -0.25) is 53.5 Å². The molecule has 0 radical (unpaired) electrons. The molecule has 0 spiro atoms. The van der Waals surface area contributed by atoms with Gasteiger partial charge in [0.2, 0.25) is 23.6 Å². The van der Waals surface area contributed by atoms with Crippen molar-refractivity contribution >= 4 is 71.2 Å². The molecule has 498 valence electrons. The number of nitrogens with zero attached hydrogens (tertiary/aromatic N) is 3. The van der Waals surface area contributed by atoms with Gasteiger partial charge in [-0.05, 0) is 112 Å². The Hall–Kier alpha value is -8.32. The summed E-state index contributed by atoms with van der Waals surface area (Å²) in [5.41, 5.74) is 6.41. The normalized spacial score (nSPS) is 14.6. The van der Waals surface area contributed by atoms with Crippen molar-refractivity contribution in [1.82, 2.24) is 25.8 Å². The van der Waals surface area contributed by atoms with E-state index < -0.39 is 76.4 Å². The number of primary amides is 1. The lowest BCUT2D eigenvalue weighted by molar-refractivity contribution is -0.140. The molecule has 0 aromatic heterocycles. The molecule has 3 aromatic rings. The second-order valence-corrected chi connectivity index (χ2v) is 24.8. The van der Waals surface area contributed by atoms with E-state index in [-0.39, 0.29) is 102 Å². The molecule has 0 fully saturated rings. The fraction of sp³-hybridized carbons (Fsp3) is 0.522. The van der Waals surface area contributed by atoms with Crippen LogP contribution in [0.15, 0.2) is 102 Å². The number of likely N-dealkylation sites (N-methyl/N-ethyl adjacent to an activating group) is 2. The van der Waals surface area contributed by atoms with E-state index in [4.69, 9.17) is 34.2 Å². The molecule has 6 N–H and O–H groups in total. The van der Waals surface area contributed by atoms with Crippen LogP contribution in [0.1, 0.15) is 113 Å². The molecule has 0 bridgehead atoms. The summed E-state index contributed by atoms with van der Waals surface area (Å²) in [7, 11) is 3.20. The Morgan fingerprint density at radius 3 is 1.84 bits per heavy atom. The number of benzene rings is 3. The van der Waals surface area contributed by atoms with E-state index >= 15 is 0 Å². The van der Waals surface area contributed by atoms with Gasteiger partial charge in [-0.1, -0.05) is 105 Å². The summed E-state index contributed by atoms with van der Waals surface area (Å²) in [5.74, 6) is -3.82. The van der Waals surface area contributed by atoms with Gasteiger partial charge in [-0.2, -0.15) is 0 Å². The van der Waals surface area contributed by atoms with E-state index in [2.05, 4.69) is 21.3 Å². The summed E-state index contributed by atoms with van der Waals surface area (Å²) in [5, 5.41) is 10.7. The summed E-state index contributed by atoms with van der Waals surface area (Å²) in [4.78, 5) is 136. The molecule has 3 aromatic carbocycles. The van der Waals surface area contributed by atoms with Crippen LogP contribution in [-0.4, -0.2) is 161 Å². The molecular weight excluding hydrogens is 1170 g/mol. The lowest BCUT2D eigenvalue weighted by atomic mass is 9.76. The molecule has 0 saturated carbocycles. The molecular formula is C67H94N8O16. The highest BCUT2D eigenvalue weighted by Crippen LogP contribution is 2.33. The van der Waals surface area contributed by atoms with Crippen LogP contribution < -0.4 is 36.6 Å². The van der Waals surface area contributed by atoms with Crippen molar-refractivity contribution in [3.8, 4) is 5.75 Å². The van der Waals surface area contributed by atoms with E-state index in [1.165, 1.54) is 11.9 Å². The Balaban J connectivity index is 1.30. The molecule has 0 unspecified atom stereocenters. The lowest BCUT2D eigenvalue weighted by Crippen LogP contribution is -2.62. The van der Waals surface area contributed by atoms with Crippen molar-refractivity contribution in [2.75, 3.05) is 77.1 Å². The van der Waals surface area contributed by atoms with Gasteiger partial charge in [0, 0.05) is 54.2 Å². The number of urea groups is 1. The first-order chi connectivity index (χ1) is 42.9. The van der Waals surface area contributed by atoms with E-state index in [0.29, 0.717) is 58.0 Å². The molecule has 0 saturated heterocycles. The first kappa shape index (κ1) is 75.1. The van der Waals surface area contributed by atoms with Crippen molar-refractivity contribution in [2.24, 2.45) is 28.9 Å². The topological polar surface area (TPSA) is 310 Å². The fourth-order valence-corrected chi connectivity index (χ4v) is 10.6. The van der Waals surface area contributed by atoms with E-state index in [1.807, 2.05) is 69.9 Å². The third-order valence-electron chi connectivity index (χ3n) is 15.6. The number of ether oxygens (including phenoxy) is 6. The Bertz CT molecular complexity index is 3010. The SMILES string of the molecule is CC1=C(C)C(=O)N(c2ccc(OCCOCCOCCOCC(=O)N[C@H](C(=O)C[C@@H](CCCNC(N)=O)C(=O)Nc3ccc(COC(=O)N(C)[C@H](C(=O)NC(=O)[C@@H](N(C)[C@H](/C=C(\C)OC=O)C(C)C)C(C)(C)C)C(C)(C)c4ccccc4)cc3)C(C)C)cc2)C1=O. The Morgan fingerprint density at radius 2 is 1.29 bits per heavy atom. The molecule has 5 atom stereocenters. The van der Waals surface area contributed by atoms with Crippen molar-refractivity contribution in [1.29, 1.82) is 0 Å². The molecule has 24 heteroatoms. The van der Waals surface area contributed by atoms with Gasteiger partial charge in [-0.15, -0.1) is 0 Å². The largest absolute Gasteiger partial charge is 0.491 e. The number of allylic oxidation sites excluding steroid dienone is 1. The van der Waals surface area contributed by atoms with Crippen LogP contribution >= 0.6 is 0 Å². The number of Topliss-reactive ketones (excluding diaryl/α,β-unsaturated/α-hetero) is 1. The van der Waals surface area contributed by atoms with E-state index in [1.54, 1.807) is 110 Å². The van der Waals surface area contributed by atoms with Crippen LogP contribution in [0.25, 0.3) is 0 Å². The summed E-state index contributed by atoms with van der Waals surface area (Å²) in [6.45, 7) is 22.8. The Morgan fingerprint density at radius 1 is 0.714 bits per heavy atom. The first-order valence-corrected chi connectivity index (χ1v) is 30.5. The minimum Gasteiger partial charge on any atom is -0.491 e. The third kappa shape index (κ3) is 22.8. The number of carbonyl (C=O) groups excluding carboxylic acids is 10. The minimum absolute atomic E-state index is 0.0357. The smallest absolute Gasteiger partial charge is 0.410 e. The average Bonchev–Trinajstić information content (AvgIpc) is 1.79. The summed E-state index contributed by atoms with van der Waals surface area (Å²) in [6.07, 6.45) is 1.14. The van der Waals surface area contributed by atoms with Gasteiger partial charge in [0.15, 0.2) is 5.78 Å². The van der Waals surface area contributed by atoms with Gasteiger partial charge in [0.1, 0.15) is 37.4 Å². The monoisotopic (exact) mass is 1270 g/mol. The number of ketones is 1.